The van der Waals surface area contributed by atoms with E-state index >= 15 is 0 Å². The van der Waals surface area contributed by atoms with Gasteiger partial charge in [-0.25, -0.2) is 13.3 Å². The third-order valence-electron chi connectivity index (χ3n) is 3.00. The zero-order chi connectivity index (χ0) is 21.4. The van der Waals surface area contributed by atoms with Crippen LogP contribution in [0.5, 0.6) is 5.75 Å². The van der Waals surface area contributed by atoms with Gasteiger partial charge in [-0.05, 0) is 0 Å². The number of alkyl halides is 7. The van der Waals surface area contributed by atoms with Gasteiger partial charge >= 0.3 is 10.3 Å². The van der Waals surface area contributed by atoms with Crippen molar-refractivity contribution in [2.24, 2.45) is 0 Å². The van der Waals surface area contributed by atoms with Gasteiger partial charge in [0.25, 0.3) is 0 Å². The van der Waals surface area contributed by atoms with Crippen LogP contribution < -0.4 is 4.74 Å². The molecular formula is C13H4Cl4F5N3O2S. The van der Waals surface area contributed by atoms with Crippen molar-refractivity contribution in [2.75, 3.05) is 0 Å². The Bertz CT molecular complexity index is 961. The van der Waals surface area contributed by atoms with Crippen LogP contribution in [0.3, 0.4) is 0 Å². The molecule has 1 aromatic heterocycles. The summed E-state index contributed by atoms with van der Waals surface area (Å²) in [6.45, 7) is -1.45. The van der Waals surface area contributed by atoms with Crippen LogP contribution in [-0.2, 0) is 17.5 Å². The highest BCUT2D eigenvalue weighted by atomic mass is 35.5. The number of hydrogen-bond donors (Lipinski definition) is 0. The number of rotatable bonds is 5. The minimum absolute atomic E-state index is 0.376. The molecule has 0 saturated heterocycles. The molecule has 1 atom stereocenters. The van der Waals surface area contributed by atoms with Gasteiger partial charge in [-0.1, -0.05) is 46.4 Å². The summed E-state index contributed by atoms with van der Waals surface area (Å²) < 4.78 is 77.4. The summed E-state index contributed by atoms with van der Waals surface area (Å²) >= 11 is 22.1. The summed E-state index contributed by atoms with van der Waals surface area (Å²) in [6, 6.07) is 2.86. The number of nitrogens with zero attached hydrogens (tertiary/aromatic N) is 3. The second-order valence-electron chi connectivity index (χ2n) is 4.78. The van der Waals surface area contributed by atoms with E-state index in [0.29, 0.717) is 16.8 Å². The van der Waals surface area contributed by atoms with Crippen LogP contribution in [0.4, 0.5) is 22.0 Å². The molecule has 2 rings (SSSR count). The second kappa shape index (κ2) is 8.20. The van der Waals surface area contributed by atoms with Gasteiger partial charge in [0.15, 0.2) is 5.69 Å². The van der Waals surface area contributed by atoms with Crippen molar-refractivity contribution in [1.29, 1.82) is 5.26 Å². The number of aromatic nitrogens is 2. The Labute approximate surface area is 175 Å². The largest absolute Gasteiger partial charge is 0.573 e. The zero-order valence-electron chi connectivity index (χ0n) is 12.8. The first-order valence-corrected chi connectivity index (χ1v) is 9.28. The monoisotopic (exact) mass is 501 g/mol. The Balaban J connectivity index is 2.72. The van der Waals surface area contributed by atoms with Crippen LogP contribution >= 0.6 is 46.4 Å². The van der Waals surface area contributed by atoms with Crippen LogP contribution in [0.15, 0.2) is 17.0 Å². The molecule has 0 spiro atoms. The van der Waals surface area contributed by atoms with Gasteiger partial charge < -0.3 is 4.74 Å². The van der Waals surface area contributed by atoms with Crippen LogP contribution in [0, 0.1) is 11.3 Å². The van der Waals surface area contributed by atoms with Crippen molar-refractivity contribution in [2.45, 2.75) is 21.9 Å². The SMILES string of the molecule is N#Cc1nn(-c2c(Cl)cc(OC(F)(F)F)cc2Cl)c(CF)c1S(=O)C(F)(Cl)Cl. The lowest BCUT2D eigenvalue weighted by molar-refractivity contribution is -0.274. The minimum atomic E-state index is -5.03. The summed E-state index contributed by atoms with van der Waals surface area (Å²) in [5.74, 6) is -0.784. The summed E-state index contributed by atoms with van der Waals surface area (Å²) in [7, 11) is -2.95. The van der Waals surface area contributed by atoms with Gasteiger partial charge in [0.2, 0.25) is 0 Å². The minimum Gasteiger partial charge on any atom is -0.406 e. The first-order valence-electron chi connectivity index (χ1n) is 6.61. The summed E-state index contributed by atoms with van der Waals surface area (Å²) in [5.41, 5.74) is -1.73. The molecule has 0 bridgehead atoms. The Morgan fingerprint density at radius 1 is 1.21 bits per heavy atom. The number of nitriles is 1. The van der Waals surface area contributed by atoms with Crippen molar-refractivity contribution in [3.63, 3.8) is 0 Å². The van der Waals surface area contributed by atoms with Crippen molar-refractivity contribution >= 4 is 57.2 Å². The maximum atomic E-state index is 13.7. The van der Waals surface area contributed by atoms with Crippen molar-refractivity contribution in [3.8, 4) is 17.5 Å². The van der Waals surface area contributed by atoms with E-state index in [1.807, 2.05) is 0 Å². The summed E-state index contributed by atoms with van der Waals surface area (Å²) in [6.07, 6.45) is -5.03. The molecule has 28 heavy (non-hydrogen) atoms. The van der Waals surface area contributed by atoms with Crippen LogP contribution in [0.25, 0.3) is 5.69 Å². The normalized spacial score (nSPS) is 13.3. The molecule has 152 valence electrons. The molecule has 0 radical (unpaired) electrons. The third kappa shape index (κ3) is 4.80. The smallest absolute Gasteiger partial charge is 0.406 e. The highest BCUT2D eigenvalue weighted by molar-refractivity contribution is 7.89. The molecule has 2 aromatic rings. The number of halogens is 9. The first-order chi connectivity index (χ1) is 12.8. The maximum Gasteiger partial charge on any atom is 0.573 e. The average Bonchev–Trinajstić information content (AvgIpc) is 2.88. The fraction of sp³-hybridized carbons (Fsp3) is 0.231. The van der Waals surface area contributed by atoms with E-state index in [0.717, 1.165) is 0 Å². The average molecular weight is 503 g/mol. The topological polar surface area (TPSA) is 67.9 Å². The molecular weight excluding hydrogens is 499 g/mol. The number of ether oxygens (including phenoxy) is 1. The van der Waals surface area contributed by atoms with Gasteiger partial charge in [-0.3, -0.25) is 0 Å². The molecule has 5 nitrogen and oxygen atoms in total. The van der Waals surface area contributed by atoms with Gasteiger partial charge in [0.05, 0.1) is 15.7 Å². The second-order valence-corrected chi connectivity index (χ2v) is 8.79. The van der Waals surface area contributed by atoms with E-state index in [4.69, 9.17) is 51.7 Å². The van der Waals surface area contributed by atoms with Gasteiger partial charge in [0.1, 0.15) is 39.9 Å². The van der Waals surface area contributed by atoms with Crippen molar-refractivity contribution in [1.82, 2.24) is 9.78 Å². The van der Waals surface area contributed by atoms with E-state index < -0.39 is 59.8 Å². The lowest BCUT2D eigenvalue weighted by Gasteiger charge is -2.14. The predicted octanol–water partition coefficient (Wildman–Crippen LogP) is 5.58. The molecule has 1 unspecified atom stereocenters. The van der Waals surface area contributed by atoms with Crippen molar-refractivity contribution < 1.29 is 30.9 Å². The third-order valence-corrected chi connectivity index (χ3v) is 5.63. The van der Waals surface area contributed by atoms with Crippen LogP contribution in [0.2, 0.25) is 10.0 Å². The van der Waals surface area contributed by atoms with Gasteiger partial charge in [0, 0.05) is 12.1 Å². The Morgan fingerprint density at radius 3 is 2.14 bits per heavy atom. The van der Waals surface area contributed by atoms with E-state index in [9.17, 15) is 26.2 Å². The Morgan fingerprint density at radius 2 is 1.75 bits per heavy atom. The number of benzene rings is 1. The standard InChI is InChI=1S/C13H4Cl4F5N3O2S/c14-6-1-5(27-13(20,21)22)2-7(15)10(6)25-9(3-18)11(8(4-23)24-25)28(26)12(16,17)19/h1-2H,3H2. The van der Waals surface area contributed by atoms with E-state index in [-0.39, 0.29) is 5.69 Å². The lowest BCUT2D eigenvalue weighted by atomic mass is 10.3. The van der Waals surface area contributed by atoms with E-state index in [1.54, 1.807) is 0 Å². The molecule has 0 aliphatic carbocycles. The Hall–Kier alpha value is -1.32. The fourth-order valence-electron chi connectivity index (χ4n) is 2.06. The molecule has 0 aliphatic rings. The fourth-order valence-corrected chi connectivity index (χ4v) is 4.00. The highest BCUT2D eigenvalue weighted by Gasteiger charge is 2.39. The van der Waals surface area contributed by atoms with Gasteiger partial charge in [-0.2, -0.15) is 14.8 Å². The van der Waals surface area contributed by atoms with E-state index in [2.05, 4.69) is 9.84 Å². The zero-order valence-corrected chi connectivity index (χ0v) is 16.7. The molecule has 15 heteroatoms. The molecule has 0 saturated carbocycles. The van der Waals surface area contributed by atoms with Crippen molar-refractivity contribution in [3.05, 3.63) is 33.6 Å². The molecule has 0 amide bonds. The Kier molecular flexibility index (Phi) is 6.72. The first kappa shape index (κ1) is 23.0. The quantitative estimate of drug-likeness (QED) is 0.395. The molecule has 0 aliphatic heterocycles. The van der Waals surface area contributed by atoms with Crippen LogP contribution in [-0.4, -0.2) is 24.3 Å². The van der Waals surface area contributed by atoms with Gasteiger partial charge in [-0.15, -0.1) is 13.2 Å². The molecule has 0 fully saturated rings. The lowest BCUT2D eigenvalue weighted by Crippen LogP contribution is -2.17. The summed E-state index contributed by atoms with van der Waals surface area (Å²) in [5, 5.41) is 11.8. The summed E-state index contributed by atoms with van der Waals surface area (Å²) in [4.78, 5) is -0.764. The number of hydrogen-bond acceptors (Lipinski definition) is 4. The molecule has 0 N–H and O–H groups in total. The van der Waals surface area contributed by atoms with E-state index in [1.165, 1.54) is 6.07 Å². The molecule has 1 heterocycles. The molecule has 1 aromatic carbocycles. The predicted molar refractivity (Wildman–Crippen MR) is 91.7 cm³/mol. The highest BCUT2D eigenvalue weighted by Crippen LogP contribution is 2.39. The maximum absolute atomic E-state index is 13.7. The van der Waals surface area contributed by atoms with Crippen LogP contribution in [0.1, 0.15) is 11.4 Å².